The largest absolute Gasteiger partial charge is 0.356 e. The lowest BCUT2D eigenvalue weighted by Crippen LogP contribution is -2.30. The van der Waals surface area contributed by atoms with Gasteiger partial charge in [0.25, 0.3) is 0 Å². The summed E-state index contributed by atoms with van der Waals surface area (Å²) < 4.78 is 1.77. The van der Waals surface area contributed by atoms with Crippen LogP contribution in [0.2, 0.25) is 0 Å². The molecule has 5 rings (SSSR count). The molecule has 0 aromatic carbocycles. The first-order valence-electron chi connectivity index (χ1n) is 10.1. The minimum atomic E-state index is 0.0279. The summed E-state index contributed by atoms with van der Waals surface area (Å²) in [6.45, 7) is 10.5. The molecule has 150 valence electrons. The number of nitrogens with zero attached hydrogens (tertiary/aromatic N) is 8. The molecular weight excluding hydrogens is 364 g/mol. The molecule has 3 aromatic heterocycles. The molecular formula is C21H26N8. The van der Waals surface area contributed by atoms with Gasteiger partial charge in [0.15, 0.2) is 11.6 Å². The van der Waals surface area contributed by atoms with Crippen molar-refractivity contribution in [1.82, 2.24) is 29.9 Å². The molecule has 2 aliphatic heterocycles. The number of fused-ring (bicyclic) bond motifs is 1. The van der Waals surface area contributed by atoms with Gasteiger partial charge in [-0.1, -0.05) is 20.8 Å². The zero-order chi connectivity index (χ0) is 20.0. The highest BCUT2D eigenvalue weighted by atomic mass is 15.3. The summed E-state index contributed by atoms with van der Waals surface area (Å²) in [4.78, 5) is 13.6. The summed E-state index contributed by atoms with van der Waals surface area (Å²) in [5.74, 6) is 3.99. The van der Waals surface area contributed by atoms with E-state index in [-0.39, 0.29) is 5.41 Å². The molecule has 8 nitrogen and oxygen atoms in total. The third-order valence-electron chi connectivity index (χ3n) is 5.93. The fraction of sp³-hybridized carbons (Fsp3) is 0.476. The number of hydrogen-bond acceptors (Lipinski definition) is 7. The van der Waals surface area contributed by atoms with Crippen LogP contribution in [0.5, 0.6) is 0 Å². The minimum absolute atomic E-state index is 0.0279. The highest BCUT2D eigenvalue weighted by Crippen LogP contribution is 2.35. The van der Waals surface area contributed by atoms with E-state index in [1.54, 1.807) is 17.2 Å². The summed E-state index contributed by atoms with van der Waals surface area (Å²) >= 11 is 0. The van der Waals surface area contributed by atoms with Gasteiger partial charge in [0.1, 0.15) is 12.1 Å². The van der Waals surface area contributed by atoms with Crippen LogP contribution < -0.4 is 9.80 Å². The van der Waals surface area contributed by atoms with Crippen LogP contribution in [0.15, 0.2) is 43.0 Å². The first kappa shape index (κ1) is 18.0. The molecule has 0 spiro atoms. The normalized spacial score (nSPS) is 21.6. The Morgan fingerprint density at radius 3 is 2.14 bits per heavy atom. The molecule has 0 bridgehead atoms. The standard InChI is InChI=1S/C21H26N8/c1-21(2,3)17-5-6-18(26-25-17)27-10-15-12-28(13-16(15)11-27)19-9-20(23-14-22-19)29-8-4-7-24-29/h4-9,14-16H,10-13H2,1-3H3. The lowest BCUT2D eigenvalue weighted by Gasteiger charge is -2.23. The number of anilines is 2. The van der Waals surface area contributed by atoms with Gasteiger partial charge in [-0.3, -0.25) is 0 Å². The van der Waals surface area contributed by atoms with Crippen molar-refractivity contribution in [2.45, 2.75) is 26.2 Å². The molecule has 8 heteroatoms. The number of rotatable bonds is 3. The van der Waals surface area contributed by atoms with E-state index in [9.17, 15) is 0 Å². The van der Waals surface area contributed by atoms with Crippen molar-refractivity contribution in [3.8, 4) is 5.82 Å². The second-order valence-corrected chi connectivity index (χ2v) is 9.04. The van der Waals surface area contributed by atoms with Crippen molar-refractivity contribution in [2.24, 2.45) is 11.8 Å². The van der Waals surface area contributed by atoms with Crippen LogP contribution in [0.1, 0.15) is 26.5 Å². The maximum atomic E-state index is 4.51. The minimum Gasteiger partial charge on any atom is -0.356 e. The smallest absolute Gasteiger partial charge is 0.158 e. The maximum Gasteiger partial charge on any atom is 0.158 e. The Balaban J connectivity index is 1.26. The summed E-state index contributed by atoms with van der Waals surface area (Å²) in [5.41, 5.74) is 1.06. The molecule has 0 amide bonds. The van der Waals surface area contributed by atoms with E-state index in [1.165, 1.54) is 0 Å². The molecule has 29 heavy (non-hydrogen) atoms. The molecule has 5 heterocycles. The van der Waals surface area contributed by atoms with Gasteiger partial charge in [-0.15, -0.1) is 5.10 Å². The van der Waals surface area contributed by atoms with E-state index in [0.29, 0.717) is 11.8 Å². The molecule has 0 saturated carbocycles. The topological polar surface area (TPSA) is 75.9 Å². The van der Waals surface area contributed by atoms with E-state index in [0.717, 1.165) is 49.3 Å². The first-order valence-corrected chi connectivity index (χ1v) is 10.1. The molecule has 2 unspecified atom stereocenters. The second kappa shape index (κ2) is 6.79. The maximum absolute atomic E-state index is 4.51. The number of aromatic nitrogens is 6. The lowest BCUT2D eigenvalue weighted by molar-refractivity contribution is 0.533. The zero-order valence-electron chi connectivity index (χ0n) is 17.1. The van der Waals surface area contributed by atoms with Crippen LogP contribution in [-0.2, 0) is 5.41 Å². The SMILES string of the molecule is CC(C)(C)c1ccc(N2CC3CN(c4cc(-n5cccn5)ncn4)CC3C2)nn1. The van der Waals surface area contributed by atoms with Crippen LogP contribution in [-0.4, -0.2) is 56.1 Å². The van der Waals surface area contributed by atoms with Crippen molar-refractivity contribution in [3.05, 3.63) is 48.7 Å². The lowest BCUT2D eigenvalue weighted by atomic mass is 9.92. The van der Waals surface area contributed by atoms with Gasteiger partial charge in [-0.05, 0) is 18.2 Å². The summed E-state index contributed by atoms with van der Waals surface area (Å²) in [6, 6.07) is 8.14. The molecule has 0 radical (unpaired) electrons. The highest BCUT2D eigenvalue weighted by Gasteiger charge is 2.41. The van der Waals surface area contributed by atoms with Gasteiger partial charge in [0.05, 0.1) is 5.69 Å². The molecule has 2 aliphatic rings. The molecule has 2 saturated heterocycles. The predicted octanol–water partition coefficient (Wildman–Crippen LogP) is 2.32. The third-order valence-corrected chi connectivity index (χ3v) is 5.93. The van der Waals surface area contributed by atoms with Crippen LogP contribution in [0, 0.1) is 11.8 Å². The average molecular weight is 390 g/mol. The van der Waals surface area contributed by atoms with Gasteiger partial charge in [0, 0.05) is 61.9 Å². The van der Waals surface area contributed by atoms with Gasteiger partial charge in [-0.2, -0.15) is 10.2 Å². The van der Waals surface area contributed by atoms with E-state index < -0.39 is 0 Å². The van der Waals surface area contributed by atoms with Gasteiger partial charge < -0.3 is 9.80 Å². The molecule has 2 fully saturated rings. The third kappa shape index (κ3) is 3.43. The summed E-state index contributed by atoms with van der Waals surface area (Å²) in [6.07, 6.45) is 5.28. The van der Waals surface area contributed by atoms with Crippen molar-refractivity contribution in [1.29, 1.82) is 0 Å². The van der Waals surface area contributed by atoms with Crippen LogP contribution >= 0.6 is 0 Å². The van der Waals surface area contributed by atoms with Crippen LogP contribution in [0.25, 0.3) is 5.82 Å². The Morgan fingerprint density at radius 2 is 1.55 bits per heavy atom. The Morgan fingerprint density at radius 1 is 0.862 bits per heavy atom. The van der Waals surface area contributed by atoms with Crippen molar-refractivity contribution in [3.63, 3.8) is 0 Å². The Labute approximate surface area is 170 Å². The Hall–Kier alpha value is -3.03. The second-order valence-electron chi connectivity index (χ2n) is 9.04. The average Bonchev–Trinajstić information content (AvgIpc) is 3.44. The van der Waals surface area contributed by atoms with Crippen molar-refractivity contribution in [2.75, 3.05) is 36.0 Å². The first-order chi connectivity index (χ1) is 14.0. The highest BCUT2D eigenvalue weighted by molar-refractivity contribution is 5.47. The zero-order valence-corrected chi connectivity index (χ0v) is 17.1. The Bertz CT molecular complexity index is 963. The van der Waals surface area contributed by atoms with Crippen LogP contribution in [0.4, 0.5) is 11.6 Å². The van der Waals surface area contributed by atoms with Crippen LogP contribution in [0.3, 0.4) is 0 Å². The fourth-order valence-electron chi connectivity index (χ4n) is 4.30. The molecule has 0 aliphatic carbocycles. The fourth-order valence-corrected chi connectivity index (χ4v) is 4.30. The molecule has 2 atom stereocenters. The Kier molecular flexibility index (Phi) is 4.22. The van der Waals surface area contributed by atoms with Gasteiger partial charge in [-0.25, -0.2) is 14.6 Å². The quantitative estimate of drug-likeness (QED) is 0.679. The van der Waals surface area contributed by atoms with E-state index in [4.69, 9.17) is 0 Å². The monoisotopic (exact) mass is 390 g/mol. The van der Waals surface area contributed by atoms with E-state index >= 15 is 0 Å². The molecule has 3 aromatic rings. The van der Waals surface area contributed by atoms with E-state index in [1.807, 2.05) is 18.3 Å². The summed E-state index contributed by atoms with van der Waals surface area (Å²) in [7, 11) is 0. The predicted molar refractivity (Wildman–Crippen MR) is 111 cm³/mol. The van der Waals surface area contributed by atoms with E-state index in [2.05, 4.69) is 68.0 Å². The number of hydrogen-bond donors (Lipinski definition) is 0. The van der Waals surface area contributed by atoms with Gasteiger partial charge >= 0.3 is 0 Å². The summed E-state index contributed by atoms with van der Waals surface area (Å²) in [5, 5.41) is 13.2. The molecule has 0 N–H and O–H groups in total. The van der Waals surface area contributed by atoms with Crippen molar-refractivity contribution >= 4 is 11.6 Å². The van der Waals surface area contributed by atoms with Gasteiger partial charge in [0.2, 0.25) is 0 Å². The van der Waals surface area contributed by atoms with Crippen molar-refractivity contribution < 1.29 is 0 Å².